The van der Waals surface area contributed by atoms with Gasteiger partial charge >= 0.3 is 0 Å². The molecule has 2 N–H and O–H groups in total. The molecule has 1 heterocycles. The summed E-state index contributed by atoms with van der Waals surface area (Å²) >= 11 is 0. The van der Waals surface area contributed by atoms with Crippen LogP contribution in [-0.4, -0.2) is 32.5 Å². The van der Waals surface area contributed by atoms with Crippen LogP contribution in [0.2, 0.25) is 0 Å². The summed E-state index contributed by atoms with van der Waals surface area (Å²) in [5.41, 5.74) is 4.51. The zero-order valence-electron chi connectivity index (χ0n) is 13.8. The Kier molecular flexibility index (Phi) is 5.36. The predicted octanol–water partition coefficient (Wildman–Crippen LogP) is 2.27. The molecule has 0 amide bonds. The molecule has 0 radical (unpaired) electrons. The van der Waals surface area contributed by atoms with Crippen molar-refractivity contribution in [3.63, 3.8) is 0 Å². The fraction of sp³-hybridized carbons (Fsp3) is 0.263. The van der Waals surface area contributed by atoms with Crippen LogP contribution in [0.5, 0.6) is 0 Å². The first kappa shape index (κ1) is 16.4. The summed E-state index contributed by atoms with van der Waals surface area (Å²) in [6.45, 7) is 3.36. The smallest absolute Gasteiger partial charge is 0.138 e. The number of nitrogens with zero attached hydrogens (tertiary/aromatic N) is 3. The summed E-state index contributed by atoms with van der Waals surface area (Å²) in [5, 5.41) is 17.6. The minimum absolute atomic E-state index is 0.386. The SMILES string of the molecule is Cc1cc(CNCC(O)Cc2ccccc2)ccc1-n1cncn1. The molecule has 0 aliphatic rings. The maximum atomic E-state index is 10.1. The van der Waals surface area contributed by atoms with E-state index in [0.29, 0.717) is 13.0 Å². The summed E-state index contributed by atoms with van der Waals surface area (Å²) in [7, 11) is 0. The highest BCUT2D eigenvalue weighted by Crippen LogP contribution is 2.14. The molecular weight excluding hydrogens is 300 g/mol. The number of aliphatic hydroxyl groups is 1. The Bertz CT molecular complexity index is 756. The second-order valence-corrected chi connectivity index (χ2v) is 5.94. The summed E-state index contributed by atoms with van der Waals surface area (Å²) < 4.78 is 1.76. The molecule has 0 bridgehead atoms. The van der Waals surface area contributed by atoms with Gasteiger partial charge in [0.1, 0.15) is 12.7 Å². The van der Waals surface area contributed by atoms with Gasteiger partial charge in [0.25, 0.3) is 0 Å². The highest BCUT2D eigenvalue weighted by atomic mass is 16.3. The molecule has 24 heavy (non-hydrogen) atoms. The number of nitrogens with one attached hydrogen (secondary N) is 1. The van der Waals surface area contributed by atoms with Crippen LogP contribution in [0.25, 0.3) is 5.69 Å². The quantitative estimate of drug-likeness (QED) is 0.700. The molecule has 0 aliphatic carbocycles. The van der Waals surface area contributed by atoms with E-state index in [0.717, 1.165) is 23.4 Å². The van der Waals surface area contributed by atoms with Gasteiger partial charge in [0, 0.05) is 13.1 Å². The number of hydrogen-bond acceptors (Lipinski definition) is 4. The number of aryl methyl sites for hydroxylation is 1. The van der Waals surface area contributed by atoms with Gasteiger partial charge in [-0.1, -0.05) is 42.5 Å². The van der Waals surface area contributed by atoms with E-state index < -0.39 is 0 Å². The third-order valence-corrected chi connectivity index (χ3v) is 3.95. The van der Waals surface area contributed by atoms with Gasteiger partial charge in [-0.15, -0.1) is 0 Å². The lowest BCUT2D eigenvalue weighted by atomic mass is 10.1. The van der Waals surface area contributed by atoms with Crippen LogP contribution in [0.1, 0.15) is 16.7 Å². The Morgan fingerprint density at radius 2 is 1.96 bits per heavy atom. The Morgan fingerprint density at radius 3 is 2.67 bits per heavy atom. The van der Waals surface area contributed by atoms with Crippen molar-refractivity contribution in [2.45, 2.75) is 26.0 Å². The van der Waals surface area contributed by atoms with Gasteiger partial charge in [-0.05, 0) is 36.1 Å². The van der Waals surface area contributed by atoms with E-state index in [4.69, 9.17) is 0 Å². The molecule has 0 fully saturated rings. The summed E-state index contributed by atoms with van der Waals surface area (Å²) in [4.78, 5) is 3.98. The van der Waals surface area contributed by atoms with Crippen LogP contribution >= 0.6 is 0 Å². The number of hydrogen-bond donors (Lipinski definition) is 2. The molecule has 5 nitrogen and oxygen atoms in total. The minimum Gasteiger partial charge on any atom is -0.391 e. The molecule has 2 aromatic carbocycles. The number of aliphatic hydroxyl groups excluding tert-OH is 1. The lowest BCUT2D eigenvalue weighted by Gasteiger charge is -2.13. The van der Waals surface area contributed by atoms with Crippen molar-refractivity contribution in [3.8, 4) is 5.69 Å². The van der Waals surface area contributed by atoms with Gasteiger partial charge in [-0.3, -0.25) is 0 Å². The molecule has 1 aromatic heterocycles. The summed E-state index contributed by atoms with van der Waals surface area (Å²) in [5.74, 6) is 0. The zero-order valence-corrected chi connectivity index (χ0v) is 13.8. The van der Waals surface area contributed by atoms with Crippen molar-refractivity contribution in [2.75, 3.05) is 6.54 Å². The zero-order chi connectivity index (χ0) is 16.8. The maximum Gasteiger partial charge on any atom is 0.138 e. The highest BCUT2D eigenvalue weighted by Gasteiger charge is 2.06. The normalized spacial score (nSPS) is 12.2. The van der Waals surface area contributed by atoms with Crippen LogP contribution in [0.4, 0.5) is 0 Å². The van der Waals surface area contributed by atoms with Gasteiger partial charge in [0.05, 0.1) is 11.8 Å². The molecule has 0 saturated carbocycles. The number of benzene rings is 2. The van der Waals surface area contributed by atoms with Crippen molar-refractivity contribution < 1.29 is 5.11 Å². The first-order chi connectivity index (χ1) is 11.7. The van der Waals surface area contributed by atoms with Crippen molar-refractivity contribution >= 4 is 0 Å². The van der Waals surface area contributed by atoms with Crippen molar-refractivity contribution in [3.05, 3.63) is 77.9 Å². The molecule has 0 aliphatic heterocycles. The topological polar surface area (TPSA) is 63.0 Å². The maximum absolute atomic E-state index is 10.1. The fourth-order valence-electron chi connectivity index (χ4n) is 2.76. The van der Waals surface area contributed by atoms with Crippen LogP contribution in [0.3, 0.4) is 0 Å². The molecule has 5 heteroatoms. The summed E-state index contributed by atoms with van der Waals surface area (Å²) in [6, 6.07) is 16.3. The standard InChI is InChI=1S/C19H22N4O/c1-15-9-17(7-8-19(15)23-14-21-13-22-23)11-20-12-18(24)10-16-5-3-2-4-6-16/h2-9,13-14,18,20,24H,10-12H2,1H3. The molecular formula is C19H22N4O. The predicted molar refractivity (Wildman–Crippen MR) is 94.0 cm³/mol. The van der Waals surface area contributed by atoms with E-state index in [1.54, 1.807) is 11.0 Å². The Hall–Kier alpha value is -2.50. The molecule has 3 rings (SSSR count). The molecule has 0 spiro atoms. The molecule has 124 valence electrons. The van der Waals surface area contributed by atoms with Gasteiger partial charge in [0.15, 0.2) is 0 Å². The average molecular weight is 322 g/mol. The van der Waals surface area contributed by atoms with E-state index in [2.05, 4.69) is 34.5 Å². The molecule has 1 unspecified atom stereocenters. The van der Waals surface area contributed by atoms with Crippen molar-refractivity contribution in [1.29, 1.82) is 0 Å². The van der Waals surface area contributed by atoms with E-state index in [9.17, 15) is 5.11 Å². The lowest BCUT2D eigenvalue weighted by molar-refractivity contribution is 0.171. The van der Waals surface area contributed by atoms with Crippen LogP contribution in [0.15, 0.2) is 61.2 Å². The highest BCUT2D eigenvalue weighted by molar-refractivity contribution is 5.41. The Balaban J connectivity index is 1.51. The van der Waals surface area contributed by atoms with Crippen molar-refractivity contribution in [1.82, 2.24) is 20.1 Å². The van der Waals surface area contributed by atoms with Gasteiger partial charge < -0.3 is 10.4 Å². The third kappa shape index (κ3) is 4.28. The van der Waals surface area contributed by atoms with E-state index in [1.807, 2.05) is 36.4 Å². The molecule has 0 saturated heterocycles. The van der Waals surface area contributed by atoms with E-state index >= 15 is 0 Å². The second-order valence-electron chi connectivity index (χ2n) is 5.94. The van der Waals surface area contributed by atoms with Gasteiger partial charge in [-0.25, -0.2) is 9.67 Å². The van der Waals surface area contributed by atoms with Crippen molar-refractivity contribution in [2.24, 2.45) is 0 Å². The van der Waals surface area contributed by atoms with Crippen LogP contribution < -0.4 is 5.32 Å². The average Bonchev–Trinajstić information content (AvgIpc) is 3.10. The van der Waals surface area contributed by atoms with E-state index in [-0.39, 0.29) is 6.10 Å². The summed E-state index contributed by atoms with van der Waals surface area (Å²) in [6.07, 6.45) is 3.50. The third-order valence-electron chi connectivity index (χ3n) is 3.95. The number of aromatic nitrogens is 3. The Morgan fingerprint density at radius 1 is 1.12 bits per heavy atom. The molecule has 3 aromatic rings. The Labute approximate surface area is 142 Å². The van der Waals surface area contributed by atoms with Crippen LogP contribution in [-0.2, 0) is 13.0 Å². The number of rotatable bonds is 7. The lowest BCUT2D eigenvalue weighted by Crippen LogP contribution is -2.28. The van der Waals surface area contributed by atoms with E-state index in [1.165, 1.54) is 11.9 Å². The van der Waals surface area contributed by atoms with Gasteiger partial charge in [-0.2, -0.15) is 5.10 Å². The minimum atomic E-state index is -0.386. The van der Waals surface area contributed by atoms with Gasteiger partial charge in [0.2, 0.25) is 0 Å². The second kappa shape index (κ2) is 7.86. The largest absolute Gasteiger partial charge is 0.391 e. The van der Waals surface area contributed by atoms with Crippen LogP contribution in [0, 0.1) is 6.92 Å². The monoisotopic (exact) mass is 322 g/mol. The fourth-order valence-corrected chi connectivity index (χ4v) is 2.76. The molecule has 1 atom stereocenters. The first-order valence-corrected chi connectivity index (χ1v) is 8.09. The first-order valence-electron chi connectivity index (χ1n) is 8.09.